The van der Waals surface area contributed by atoms with Crippen LogP contribution in [-0.4, -0.2) is 11.4 Å². The molecule has 1 atom stereocenters. The molecular formula is C18H22ClNO. The third kappa shape index (κ3) is 1.95. The van der Waals surface area contributed by atoms with E-state index in [4.69, 9.17) is 11.6 Å². The molecule has 0 aromatic heterocycles. The van der Waals surface area contributed by atoms with Crippen molar-refractivity contribution in [1.29, 1.82) is 0 Å². The number of amides is 1. The predicted octanol–water partition coefficient (Wildman–Crippen LogP) is 4.83. The molecule has 1 spiro atoms. The summed E-state index contributed by atoms with van der Waals surface area (Å²) in [6, 6.07) is 4.08. The summed E-state index contributed by atoms with van der Waals surface area (Å²) in [5, 5.41) is 0.780. The normalized spacial score (nSPS) is 26.9. The van der Waals surface area contributed by atoms with E-state index in [2.05, 4.69) is 17.9 Å². The summed E-state index contributed by atoms with van der Waals surface area (Å²) in [6.45, 7) is 2.30. The molecule has 1 fully saturated rings. The van der Waals surface area contributed by atoms with Gasteiger partial charge in [0.1, 0.15) is 0 Å². The van der Waals surface area contributed by atoms with Gasteiger partial charge in [0.25, 0.3) is 0 Å². The van der Waals surface area contributed by atoms with Crippen molar-refractivity contribution < 1.29 is 4.79 Å². The van der Waals surface area contributed by atoms with Crippen LogP contribution < -0.4 is 4.90 Å². The van der Waals surface area contributed by atoms with E-state index in [0.717, 1.165) is 17.0 Å². The highest BCUT2D eigenvalue weighted by Gasteiger charge is 2.49. The molecule has 0 bridgehead atoms. The van der Waals surface area contributed by atoms with Gasteiger partial charge in [-0.3, -0.25) is 4.79 Å². The minimum Gasteiger partial charge on any atom is -0.305 e. The molecule has 1 unspecified atom stereocenters. The van der Waals surface area contributed by atoms with Crippen LogP contribution in [0, 0.1) is 0 Å². The van der Waals surface area contributed by atoms with Gasteiger partial charge in [0.2, 0.25) is 5.91 Å². The molecule has 2 nitrogen and oxygen atoms in total. The summed E-state index contributed by atoms with van der Waals surface area (Å²) in [7, 11) is 0. The van der Waals surface area contributed by atoms with Gasteiger partial charge in [0.15, 0.2) is 0 Å². The van der Waals surface area contributed by atoms with E-state index in [-0.39, 0.29) is 5.54 Å². The Hall–Kier alpha value is -1.02. The van der Waals surface area contributed by atoms with Crippen LogP contribution in [0.25, 0.3) is 0 Å². The first kappa shape index (κ1) is 13.6. The summed E-state index contributed by atoms with van der Waals surface area (Å²) in [6.07, 6.45) is 9.14. The van der Waals surface area contributed by atoms with Gasteiger partial charge < -0.3 is 4.90 Å². The number of benzene rings is 1. The first-order valence-corrected chi connectivity index (χ1v) is 8.64. The van der Waals surface area contributed by atoms with E-state index in [1.165, 1.54) is 49.8 Å². The van der Waals surface area contributed by atoms with Crippen LogP contribution in [0.1, 0.15) is 68.9 Å². The maximum atomic E-state index is 12.7. The van der Waals surface area contributed by atoms with Crippen molar-refractivity contribution in [1.82, 2.24) is 0 Å². The fourth-order valence-corrected chi connectivity index (χ4v) is 5.17. The summed E-state index contributed by atoms with van der Waals surface area (Å²) in [5.41, 5.74) is 3.74. The molecule has 0 N–H and O–H groups in total. The number of nitrogens with zero attached hydrogens (tertiary/aromatic N) is 1. The Morgan fingerprint density at radius 1 is 1.19 bits per heavy atom. The number of hydrogen-bond donors (Lipinski definition) is 0. The molecule has 0 radical (unpaired) electrons. The van der Waals surface area contributed by atoms with Gasteiger partial charge in [-0.25, -0.2) is 0 Å². The average Bonchev–Trinajstić information content (AvgIpc) is 2.62. The van der Waals surface area contributed by atoms with Crippen molar-refractivity contribution in [2.45, 2.75) is 69.7 Å². The first-order chi connectivity index (χ1) is 10.1. The van der Waals surface area contributed by atoms with Crippen molar-refractivity contribution in [3.8, 4) is 0 Å². The van der Waals surface area contributed by atoms with Gasteiger partial charge in [0, 0.05) is 10.6 Å². The van der Waals surface area contributed by atoms with Crippen molar-refractivity contribution >= 4 is 23.2 Å². The molecule has 1 aromatic rings. The minimum atomic E-state index is 0.0824. The number of hydrogen-bond acceptors (Lipinski definition) is 1. The number of halogens is 1. The number of fused-ring (bicyclic) bond motifs is 1. The van der Waals surface area contributed by atoms with E-state index in [1.54, 1.807) is 0 Å². The number of anilines is 1. The lowest BCUT2D eigenvalue weighted by molar-refractivity contribution is -0.118. The predicted molar refractivity (Wildman–Crippen MR) is 86.1 cm³/mol. The van der Waals surface area contributed by atoms with E-state index in [9.17, 15) is 4.79 Å². The summed E-state index contributed by atoms with van der Waals surface area (Å²) in [4.78, 5) is 14.9. The zero-order valence-corrected chi connectivity index (χ0v) is 13.4. The molecule has 1 aromatic carbocycles. The van der Waals surface area contributed by atoms with Gasteiger partial charge in [-0.05, 0) is 48.4 Å². The highest BCUT2D eigenvalue weighted by molar-refractivity contribution is 6.31. The molecule has 1 saturated carbocycles. The second-order valence-electron chi connectivity index (χ2n) is 7.15. The number of carbonyl (C=O) groups excluding carboxylic acids is 1. The third-order valence-electron chi connectivity index (χ3n) is 5.72. The van der Waals surface area contributed by atoms with Gasteiger partial charge in [-0.2, -0.15) is 0 Å². The lowest BCUT2D eigenvalue weighted by Gasteiger charge is -2.48. The van der Waals surface area contributed by atoms with Gasteiger partial charge in [-0.15, -0.1) is 0 Å². The molecule has 2 aliphatic heterocycles. The summed E-state index contributed by atoms with van der Waals surface area (Å²) < 4.78 is 0. The Bertz CT molecular complexity index is 601. The highest BCUT2D eigenvalue weighted by atomic mass is 35.5. The molecule has 1 amide bonds. The molecular weight excluding hydrogens is 282 g/mol. The van der Waals surface area contributed by atoms with E-state index in [1.807, 2.05) is 6.07 Å². The van der Waals surface area contributed by atoms with E-state index < -0.39 is 0 Å². The maximum absolute atomic E-state index is 12.7. The van der Waals surface area contributed by atoms with Crippen LogP contribution in [0.5, 0.6) is 0 Å². The fourth-order valence-electron chi connectivity index (χ4n) is 4.92. The van der Waals surface area contributed by atoms with Crippen molar-refractivity contribution in [2.75, 3.05) is 4.90 Å². The van der Waals surface area contributed by atoms with Crippen molar-refractivity contribution in [3.05, 3.63) is 28.3 Å². The van der Waals surface area contributed by atoms with Crippen molar-refractivity contribution in [3.63, 3.8) is 0 Å². The van der Waals surface area contributed by atoms with Crippen LogP contribution in [0.15, 0.2) is 12.1 Å². The van der Waals surface area contributed by atoms with Crippen LogP contribution in [0.4, 0.5) is 5.69 Å². The van der Waals surface area contributed by atoms with Gasteiger partial charge in [0.05, 0.1) is 12.1 Å². The second-order valence-corrected chi connectivity index (χ2v) is 7.59. The minimum absolute atomic E-state index is 0.0824. The smallest absolute Gasteiger partial charge is 0.232 e. The fraction of sp³-hybridized carbons (Fsp3) is 0.611. The molecule has 3 heteroatoms. The Morgan fingerprint density at radius 3 is 2.62 bits per heavy atom. The lowest BCUT2D eigenvalue weighted by atomic mass is 9.74. The monoisotopic (exact) mass is 303 g/mol. The van der Waals surface area contributed by atoms with E-state index in [0.29, 0.717) is 18.2 Å². The quantitative estimate of drug-likeness (QED) is 0.672. The van der Waals surface area contributed by atoms with Crippen LogP contribution >= 0.6 is 11.6 Å². The Kier molecular flexibility index (Phi) is 3.08. The molecule has 0 saturated heterocycles. The highest BCUT2D eigenvalue weighted by Crippen LogP contribution is 2.53. The van der Waals surface area contributed by atoms with Crippen LogP contribution in [0.3, 0.4) is 0 Å². The third-order valence-corrected chi connectivity index (χ3v) is 5.94. The molecule has 3 aliphatic rings. The van der Waals surface area contributed by atoms with Gasteiger partial charge in [-0.1, -0.05) is 44.2 Å². The Balaban J connectivity index is 1.88. The van der Waals surface area contributed by atoms with Gasteiger partial charge >= 0.3 is 0 Å². The molecule has 112 valence electrons. The first-order valence-electron chi connectivity index (χ1n) is 8.26. The molecule has 1 aliphatic carbocycles. The molecule has 2 heterocycles. The van der Waals surface area contributed by atoms with Crippen LogP contribution in [-0.2, 0) is 11.2 Å². The Morgan fingerprint density at radius 2 is 1.90 bits per heavy atom. The standard InChI is InChI=1S/C18H22ClNO/c1-12-11-18(6-4-2-3-5-7-18)20-16(21)9-13-8-14(19)10-15(12)17(13)20/h8,10,12H,2-7,9,11H2,1H3. The zero-order valence-electron chi connectivity index (χ0n) is 12.6. The largest absolute Gasteiger partial charge is 0.305 e. The van der Waals surface area contributed by atoms with Crippen molar-refractivity contribution in [2.24, 2.45) is 0 Å². The average molecular weight is 304 g/mol. The second kappa shape index (κ2) is 4.74. The summed E-state index contributed by atoms with van der Waals surface area (Å²) in [5.74, 6) is 0.792. The lowest BCUT2D eigenvalue weighted by Crippen LogP contribution is -2.53. The Labute approximate surface area is 131 Å². The SMILES string of the molecule is CC1CC2(CCCCCC2)N2C(=O)Cc3cc(Cl)cc1c32. The number of rotatable bonds is 0. The zero-order chi connectivity index (χ0) is 14.6. The number of carbonyl (C=O) groups is 1. The molecule has 21 heavy (non-hydrogen) atoms. The topological polar surface area (TPSA) is 20.3 Å². The van der Waals surface area contributed by atoms with E-state index >= 15 is 0 Å². The molecule has 4 rings (SSSR count). The summed E-state index contributed by atoms with van der Waals surface area (Å²) >= 11 is 6.27. The maximum Gasteiger partial charge on any atom is 0.232 e. The van der Waals surface area contributed by atoms with Crippen LogP contribution in [0.2, 0.25) is 5.02 Å².